The maximum atomic E-state index is 3.53. The van der Waals surface area contributed by atoms with Crippen LogP contribution in [0.2, 0.25) is 0 Å². The minimum absolute atomic E-state index is 0.439. The highest BCUT2D eigenvalue weighted by molar-refractivity contribution is 7.13. The van der Waals surface area contributed by atoms with Crippen LogP contribution in [0.3, 0.4) is 0 Å². The van der Waals surface area contributed by atoms with Crippen molar-refractivity contribution in [1.82, 2.24) is 16.0 Å². The van der Waals surface area contributed by atoms with Crippen LogP contribution in [0.4, 0.5) is 5.69 Å². The lowest BCUT2D eigenvalue weighted by Gasteiger charge is -2.37. The van der Waals surface area contributed by atoms with Crippen molar-refractivity contribution in [2.24, 2.45) is 0 Å². The molecule has 0 radical (unpaired) electrons. The second kappa shape index (κ2) is 5.76. The Kier molecular flexibility index (Phi) is 3.95. The molecule has 22 heavy (non-hydrogen) atoms. The molecule has 1 aliphatic heterocycles. The number of rotatable bonds is 4. The Balaban J connectivity index is 2.10. The van der Waals surface area contributed by atoms with E-state index in [1.807, 2.05) is 21.1 Å². The number of fused-ring (bicyclic) bond motifs is 1. The van der Waals surface area contributed by atoms with E-state index in [2.05, 4.69) is 63.9 Å². The molecule has 116 valence electrons. The molecule has 1 aromatic carbocycles. The van der Waals surface area contributed by atoms with E-state index in [0.29, 0.717) is 0 Å². The monoisotopic (exact) mass is 314 g/mol. The molecule has 0 fully saturated rings. The van der Waals surface area contributed by atoms with Gasteiger partial charge in [-0.25, -0.2) is 0 Å². The van der Waals surface area contributed by atoms with Gasteiger partial charge < -0.3 is 10.6 Å². The molecular formula is C17H22N4S. The van der Waals surface area contributed by atoms with E-state index in [-0.39, 0.29) is 0 Å². The van der Waals surface area contributed by atoms with E-state index < -0.39 is 5.79 Å². The van der Waals surface area contributed by atoms with Gasteiger partial charge in [-0.1, -0.05) is 6.07 Å². The Morgan fingerprint density at radius 3 is 2.45 bits per heavy atom. The summed E-state index contributed by atoms with van der Waals surface area (Å²) in [4.78, 5) is 1.33. The van der Waals surface area contributed by atoms with E-state index in [9.17, 15) is 0 Å². The molecule has 2 heterocycles. The molecular weight excluding hydrogens is 292 g/mol. The zero-order valence-corrected chi connectivity index (χ0v) is 14.2. The van der Waals surface area contributed by atoms with Crippen molar-refractivity contribution in [3.63, 3.8) is 0 Å². The number of likely N-dealkylation sites (N-methyl/N-ethyl adjacent to an activating group) is 2. The number of thiophene rings is 1. The van der Waals surface area contributed by atoms with Gasteiger partial charge in [0.2, 0.25) is 0 Å². The largest absolute Gasteiger partial charge is 0.388 e. The number of hydrogen-bond acceptors (Lipinski definition) is 5. The summed E-state index contributed by atoms with van der Waals surface area (Å²) in [7, 11) is 5.82. The predicted octanol–water partition coefficient (Wildman–Crippen LogP) is 2.80. The van der Waals surface area contributed by atoms with Crippen LogP contribution in [0, 0.1) is 6.92 Å². The fourth-order valence-corrected chi connectivity index (χ4v) is 3.75. The van der Waals surface area contributed by atoms with E-state index in [1.165, 1.54) is 21.6 Å². The van der Waals surface area contributed by atoms with E-state index in [0.717, 1.165) is 11.4 Å². The zero-order chi connectivity index (χ0) is 15.7. The molecule has 0 unspecified atom stereocenters. The SMILES string of the molecule is CNC1=CC(NC)(NC)Nc2ccc(-c3sccc3C)cc21. The van der Waals surface area contributed by atoms with Crippen molar-refractivity contribution in [3.8, 4) is 10.4 Å². The minimum Gasteiger partial charge on any atom is -0.388 e. The molecule has 0 spiro atoms. The van der Waals surface area contributed by atoms with E-state index in [4.69, 9.17) is 0 Å². The average Bonchev–Trinajstić information content (AvgIpc) is 2.99. The third kappa shape index (κ3) is 2.41. The number of aryl methyl sites for hydroxylation is 1. The van der Waals surface area contributed by atoms with Crippen molar-refractivity contribution in [3.05, 3.63) is 46.8 Å². The average molecular weight is 314 g/mol. The lowest BCUT2D eigenvalue weighted by Crippen LogP contribution is -2.60. The summed E-state index contributed by atoms with van der Waals surface area (Å²) >= 11 is 1.79. The van der Waals surface area contributed by atoms with Gasteiger partial charge in [-0.2, -0.15) is 0 Å². The first-order valence-electron chi connectivity index (χ1n) is 7.38. The Morgan fingerprint density at radius 1 is 1.09 bits per heavy atom. The Labute approximate surface area is 135 Å². The predicted molar refractivity (Wildman–Crippen MR) is 96.0 cm³/mol. The Bertz CT molecular complexity index is 713. The number of hydrogen-bond donors (Lipinski definition) is 4. The molecule has 0 bridgehead atoms. The van der Waals surface area contributed by atoms with Crippen LogP contribution in [-0.2, 0) is 0 Å². The van der Waals surface area contributed by atoms with Gasteiger partial charge in [-0.05, 0) is 61.8 Å². The summed E-state index contributed by atoms with van der Waals surface area (Å²) in [6.45, 7) is 2.16. The second-order valence-corrected chi connectivity index (χ2v) is 6.35. The number of benzene rings is 1. The van der Waals surface area contributed by atoms with Gasteiger partial charge >= 0.3 is 0 Å². The highest BCUT2D eigenvalue weighted by atomic mass is 32.1. The van der Waals surface area contributed by atoms with Crippen LogP contribution in [0.5, 0.6) is 0 Å². The number of anilines is 1. The highest BCUT2D eigenvalue weighted by Crippen LogP contribution is 2.36. The smallest absolute Gasteiger partial charge is 0.165 e. The van der Waals surface area contributed by atoms with Crippen LogP contribution in [0.25, 0.3) is 16.1 Å². The van der Waals surface area contributed by atoms with E-state index >= 15 is 0 Å². The fourth-order valence-electron chi connectivity index (χ4n) is 2.83. The van der Waals surface area contributed by atoms with Crippen LogP contribution in [0.1, 0.15) is 11.1 Å². The normalized spacial score (nSPS) is 15.7. The Morgan fingerprint density at radius 2 is 1.86 bits per heavy atom. The van der Waals surface area contributed by atoms with Crippen LogP contribution < -0.4 is 21.3 Å². The highest BCUT2D eigenvalue weighted by Gasteiger charge is 2.30. The van der Waals surface area contributed by atoms with Gasteiger partial charge in [-0.15, -0.1) is 11.3 Å². The van der Waals surface area contributed by atoms with Gasteiger partial charge in [0.1, 0.15) is 0 Å². The molecule has 0 amide bonds. The molecule has 0 saturated heterocycles. The van der Waals surface area contributed by atoms with Crippen molar-refractivity contribution >= 4 is 22.7 Å². The summed E-state index contributed by atoms with van der Waals surface area (Å²) < 4.78 is 0. The molecule has 0 aliphatic carbocycles. The van der Waals surface area contributed by atoms with Crippen molar-refractivity contribution < 1.29 is 0 Å². The summed E-state index contributed by atoms with van der Waals surface area (Å²) in [5.74, 6) is -0.439. The third-order valence-electron chi connectivity index (χ3n) is 4.18. The first-order chi connectivity index (χ1) is 10.6. The van der Waals surface area contributed by atoms with Crippen LogP contribution in [-0.4, -0.2) is 26.9 Å². The topological polar surface area (TPSA) is 48.1 Å². The fraction of sp³-hybridized carbons (Fsp3) is 0.294. The summed E-state index contributed by atoms with van der Waals surface area (Å²) in [6, 6.07) is 8.75. The zero-order valence-electron chi connectivity index (χ0n) is 13.4. The van der Waals surface area contributed by atoms with Gasteiger partial charge in [0.15, 0.2) is 5.79 Å². The van der Waals surface area contributed by atoms with Crippen molar-refractivity contribution in [1.29, 1.82) is 0 Å². The molecule has 1 aromatic heterocycles. The second-order valence-electron chi connectivity index (χ2n) is 5.43. The maximum absolute atomic E-state index is 3.53. The summed E-state index contributed by atoms with van der Waals surface area (Å²) in [5, 5.41) is 15.6. The first kappa shape index (κ1) is 15.1. The van der Waals surface area contributed by atoms with Crippen molar-refractivity contribution in [2.45, 2.75) is 12.7 Å². The van der Waals surface area contributed by atoms with Gasteiger partial charge in [0.25, 0.3) is 0 Å². The lowest BCUT2D eigenvalue weighted by molar-refractivity contribution is 0.424. The lowest BCUT2D eigenvalue weighted by atomic mass is 9.98. The molecule has 4 N–H and O–H groups in total. The molecule has 3 rings (SSSR count). The molecule has 4 nitrogen and oxygen atoms in total. The number of nitrogens with one attached hydrogen (secondary N) is 4. The Hall–Kier alpha value is -1.82. The molecule has 0 atom stereocenters. The molecule has 1 aliphatic rings. The van der Waals surface area contributed by atoms with Crippen LogP contribution >= 0.6 is 11.3 Å². The molecule has 0 saturated carbocycles. The summed E-state index contributed by atoms with van der Waals surface area (Å²) in [5.41, 5.74) is 5.98. The van der Waals surface area contributed by atoms with E-state index in [1.54, 1.807) is 11.3 Å². The molecule has 5 heteroatoms. The summed E-state index contributed by atoms with van der Waals surface area (Å²) in [6.07, 6.45) is 2.14. The molecule has 2 aromatic rings. The van der Waals surface area contributed by atoms with Gasteiger partial charge in [-0.3, -0.25) is 10.6 Å². The van der Waals surface area contributed by atoms with Gasteiger partial charge in [0.05, 0.1) is 0 Å². The third-order valence-corrected chi connectivity index (χ3v) is 5.25. The first-order valence-corrected chi connectivity index (χ1v) is 8.26. The minimum atomic E-state index is -0.439. The van der Waals surface area contributed by atoms with Crippen LogP contribution in [0.15, 0.2) is 35.7 Å². The standard InChI is InChI=1S/C17H22N4S/c1-11-7-8-22-16(11)12-5-6-14-13(9-12)15(18-2)10-17(19-3,20-4)21-14/h5-10,18-21H,1-4H3. The quantitative estimate of drug-likeness (QED) is 0.656. The van der Waals surface area contributed by atoms with Gasteiger partial charge in [0, 0.05) is 28.9 Å². The van der Waals surface area contributed by atoms with Crippen molar-refractivity contribution in [2.75, 3.05) is 26.5 Å². The maximum Gasteiger partial charge on any atom is 0.165 e.